The smallest absolute Gasteiger partial charge is 0.250 e. The maximum absolute atomic E-state index is 6.46. The summed E-state index contributed by atoms with van der Waals surface area (Å²) in [6, 6.07) is 6.16. The standard InChI is InChI=1S/C17H29N3OSi/c1-17(2,3)22(5,6)21-14-10-7-9-13-16(14)20-15(19-13)11-8-12-18-4/h7,9-10,18H,8,11-12H2,1-6H3,(H,19,20). The number of H-pyrrole nitrogens is 1. The summed E-state index contributed by atoms with van der Waals surface area (Å²) < 4.78 is 6.46. The molecule has 2 rings (SSSR count). The number of rotatable bonds is 6. The fourth-order valence-corrected chi connectivity index (χ4v) is 3.14. The van der Waals surface area contributed by atoms with Crippen LogP contribution in [0.3, 0.4) is 0 Å². The van der Waals surface area contributed by atoms with Gasteiger partial charge in [0.2, 0.25) is 0 Å². The summed E-state index contributed by atoms with van der Waals surface area (Å²) in [5, 5.41) is 3.35. The van der Waals surface area contributed by atoms with Crippen molar-refractivity contribution in [2.75, 3.05) is 13.6 Å². The maximum Gasteiger partial charge on any atom is 0.250 e. The molecule has 0 amide bonds. The van der Waals surface area contributed by atoms with Crippen molar-refractivity contribution in [3.05, 3.63) is 24.0 Å². The van der Waals surface area contributed by atoms with Gasteiger partial charge in [0.15, 0.2) is 0 Å². The molecular weight excluding hydrogens is 290 g/mol. The van der Waals surface area contributed by atoms with Crippen LogP contribution >= 0.6 is 0 Å². The first-order valence-electron chi connectivity index (χ1n) is 8.06. The van der Waals surface area contributed by atoms with E-state index in [1.807, 2.05) is 19.2 Å². The van der Waals surface area contributed by atoms with Crippen molar-refractivity contribution in [3.63, 3.8) is 0 Å². The normalized spacial score (nSPS) is 12.8. The number of nitrogens with one attached hydrogen (secondary N) is 2. The highest BCUT2D eigenvalue weighted by Gasteiger charge is 2.39. The minimum atomic E-state index is -1.85. The number of nitrogens with zero attached hydrogens (tertiary/aromatic N) is 1. The summed E-state index contributed by atoms with van der Waals surface area (Å²) in [5.74, 6) is 1.96. The average molecular weight is 320 g/mol. The highest BCUT2D eigenvalue weighted by molar-refractivity contribution is 6.74. The molecule has 0 saturated carbocycles. The summed E-state index contributed by atoms with van der Waals surface area (Å²) in [5.41, 5.74) is 2.03. The first-order valence-corrected chi connectivity index (χ1v) is 11.0. The second kappa shape index (κ2) is 6.42. The van der Waals surface area contributed by atoms with Crippen LogP contribution in [0.4, 0.5) is 0 Å². The number of aromatic amines is 1. The molecule has 0 saturated heterocycles. The predicted molar refractivity (Wildman–Crippen MR) is 96.2 cm³/mol. The molecule has 0 bridgehead atoms. The molecule has 2 aromatic rings. The molecule has 22 heavy (non-hydrogen) atoms. The summed E-state index contributed by atoms with van der Waals surface area (Å²) in [7, 11) is 0.127. The highest BCUT2D eigenvalue weighted by Crippen LogP contribution is 2.38. The summed E-state index contributed by atoms with van der Waals surface area (Å²) in [6.07, 6.45) is 2.03. The van der Waals surface area contributed by atoms with E-state index in [1.165, 1.54) is 0 Å². The third kappa shape index (κ3) is 3.70. The van der Waals surface area contributed by atoms with Gasteiger partial charge in [-0.2, -0.15) is 0 Å². The Morgan fingerprint density at radius 3 is 2.64 bits per heavy atom. The molecule has 0 fully saturated rings. The van der Waals surface area contributed by atoms with Crippen LogP contribution in [0.15, 0.2) is 18.2 Å². The first kappa shape index (κ1) is 17.0. The minimum Gasteiger partial charge on any atom is -0.542 e. The monoisotopic (exact) mass is 319 g/mol. The molecule has 0 radical (unpaired) electrons. The van der Waals surface area contributed by atoms with Crippen molar-refractivity contribution in [2.24, 2.45) is 0 Å². The molecule has 0 spiro atoms. The van der Waals surface area contributed by atoms with E-state index >= 15 is 0 Å². The SMILES string of the molecule is CNCCCc1nc2c(O[Si](C)(C)C(C)(C)C)cccc2[nH]1. The molecule has 0 unspecified atom stereocenters. The van der Waals surface area contributed by atoms with Crippen molar-refractivity contribution >= 4 is 19.4 Å². The third-order valence-electron chi connectivity index (χ3n) is 4.54. The Morgan fingerprint density at radius 2 is 2.00 bits per heavy atom. The Balaban J connectivity index is 2.27. The van der Waals surface area contributed by atoms with E-state index in [2.05, 4.69) is 50.2 Å². The summed E-state index contributed by atoms with van der Waals surface area (Å²) >= 11 is 0. The number of benzene rings is 1. The number of hydrogen-bond donors (Lipinski definition) is 2. The van der Waals surface area contributed by atoms with Crippen LogP contribution in [-0.2, 0) is 6.42 Å². The van der Waals surface area contributed by atoms with E-state index in [4.69, 9.17) is 9.41 Å². The third-order valence-corrected chi connectivity index (χ3v) is 8.88. The molecule has 0 aliphatic carbocycles. The molecule has 1 aromatic carbocycles. The lowest BCUT2D eigenvalue weighted by Gasteiger charge is -2.36. The van der Waals surface area contributed by atoms with Gasteiger partial charge in [-0.1, -0.05) is 26.8 Å². The fraction of sp³-hybridized carbons (Fsp3) is 0.588. The Hall–Kier alpha value is -1.33. The van der Waals surface area contributed by atoms with E-state index in [0.29, 0.717) is 0 Å². The van der Waals surface area contributed by atoms with Crippen molar-refractivity contribution in [2.45, 2.75) is 51.7 Å². The van der Waals surface area contributed by atoms with E-state index < -0.39 is 8.32 Å². The first-order chi connectivity index (χ1) is 10.2. The van der Waals surface area contributed by atoms with Crippen LogP contribution in [0.1, 0.15) is 33.0 Å². The number of para-hydroxylation sites is 1. The lowest BCUT2D eigenvalue weighted by molar-refractivity contribution is 0.495. The summed E-state index contributed by atoms with van der Waals surface area (Å²) in [4.78, 5) is 8.18. The van der Waals surface area contributed by atoms with Crippen molar-refractivity contribution < 1.29 is 4.43 Å². The Morgan fingerprint density at radius 1 is 1.27 bits per heavy atom. The number of aryl methyl sites for hydroxylation is 1. The van der Waals surface area contributed by atoms with Crippen LogP contribution in [-0.4, -0.2) is 31.9 Å². The molecule has 4 nitrogen and oxygen atoms in total. The molecule has 0 aliphatic rings. The van der Waals surface area contributed by atoms with Gasteiger partial charge in [0.1, 0.15) is 17.1 Å². The predicted octanol–water partition coefficient (Wildman–Crippen LogP) is 4.10. The van der Waals surface area contributed by atoms with Gasteiger partial charge in [-0.25, -0.2) is 4.98 Å². The molecule has 5 heteroatoms. The molecular formula is C17H29N3OSi. The molecule has 0 atom stereocenters. The molecule has 1 aromatic heterocycles. The second-order valence-electron chi connectivity index (χ2n) is 7.41. The lowest BCUT2D eigenvalue weighted by atomic mass is 10.2. The fourth-order valence-electron chi connectivity index (χ4n) is 2.12. The van der Waals surface area contributed by atoms with Crippen molar-refractivity contribution in [1.29, 1.82) is 0 Å². The molecule has 2 N–H and O–H groups in total. The number of fused-ring (bicyclic) bond motifs is 1. The van der Waals surface area contributed by atoms with Crippen molar-refractivity contribution in [1.82, 2.24) is 15.3 Å². The maximum atomic E-state index is 6.46. The van der Waals surface area contributed by atoms with Gasteiger partial charge >= 0.3 is 0 Å². The lowest BCUT2D eigenvalue weighted by Crippen LogP contribution is -2.43. The number of aromatic nitrogens is 2. The molecule has 0 aliphatic heterocycles. The van der Waals surface area contributed by atoms with E-state index in [0.717, 1.165) is 42.0 Å². The minimum absolute atomic E-state index is 0.182. The van der Waals surface area contributed by atoms with Crippen LogP contribution in [0, 0.1) is 0 Å². The topological polar surface area (TPSA) is 49.9 Å². The van der Waals surface area contributed by atoms with Gasteiger partial charge in [0.05, 0.1) is 5.52 Å². The van der Waals surface area contributed by atoms with Gasteiger partial charge in [0.25, 0.3) is 8.32 Å². The van der Waals surface area contributed by atoms with Gasteiger partial charge in [-0.3, -0.25) is 0 Å². The number of imidazole rings is 1. The summed E-state index contributed by atoms with van der Waals surface area (Å²) in [6.45, 7) is 12.3. The highest BCUT2D eigenvalue weighted by atomic mass is 28.4. The average Bonchev–Trinajstić information content (AvgIpc) is 2.81. The Kier molecular flexibility index (Phi) is 4.97. The largest absolute Gasteiger partial charge is 0.542 e. The zero-order valence-electron chi connectivity index (χ0n) is 14.7. The quantitative estimate of drug-likeness (QED) is 0.622. The van der Waals surface area contributed by atoms with Gasteiger partial charge in [-0.15, -0.1) is 0 Å². The van der Waals surface area contributed by atoms with Gasteiger partial charge < -0.3 is 14.7 Å². The Bertz CT molecular complexity index is 628. The molecule has 1 heterocycles. The van der Waals surface area contributed by atoms with Crippen LogP contribution in [0.2, 0.25) is 18.1 Å². The van der Waals surface area contributed by atoms with Gasteiger partial charge in [0, 0.05) is 6.42 Å². The number of hydrogen-bond acceptors (Lipinski definition) is 3. The van der Waals surface area contributed by atoms with Crippen LogP contribution in [0.25, 0.3) is 11.0 Å². The van der Waals surface area contributed by atoms with E-state index in [9.17, 15) is 0 Å². The second-order valence-corrected chi connectivity index (χ2v) is 12.1. The molecule has 122 valence electrons. The zero-order valence-corrected chi connectivity index (χ0v) is 15.7. The van der Waals surface area contributed by atoms with Crippen LogP contribution in [0.5, 0.6) is 5.75 Å². The van der Waals surface area contributed by atoms with Gasteiger partial charge in [-0.05, 0) is 50.3 Å². The Labute approximate surface area is 134 Å². The van der Waals surface area contributed by atoms with Crippen LogP contribution < -0.4 is 9.74 Å². The van der Waals surface area contributed by atoms with E-state index in [1.54, 1.807) is 0 Å². The van der Waals surface area contributed by atoms with Crippen molar-refractivity contribution in [3.8, 4) is 5.75 Å². The van der Waals surface area contributed by atoms with E-state index in [-0.39, 0.29) is 5.04 Å². The zero-order chi connectivity index (χ0) is 16.4.